The summed E-state index contributed by atoms with van der Waals surface area (Å²) in [4.78, 5) is 55.7. The van der Waals surface area contributed by atoms with Crippen LogP contribution in [0.1, 0.15) is 43.5 Å². The van der Waals surface area contributed by atoms with Crippen LogP contribution in [0.5, 0.6) is 5.75 Å². The molecule has 1 aromatic heterocycles. The first-order valence-corrected chi connectivity index (χ1v) is 16.8. The van der Waals surface area contributed by atoms with Crippen molar-refractivity contribution >= 4 is 23.6 Å². The first-order chi connectivity index (χ1) is 23.2. The van der Waals surface area contributed by atoms with Gasteiger partial charge >= 0.3 is 0 Å². The number of carbonyl (C=O) groups excluding carboxylic acids is 4. The van der Waals surface area contributed by atoms with E-state index in [1.807, 2.05) is 68.6 Å². The number of hydrogen-bond acceptors (Lipinski definition) is 8. The number of rotatable bonds is 4. The van der Waals surface area contributed by atoms with Gasteiger partial charge < -0.3 is 30.9 Å². The number of carbonyl (C=O) groups is 4. The van der Waals surface area contributed by atoms with E-state index in [9.17, 15) is 19.2 Å². The number of fused-ring (bicyclic) bond motifs is 4. The monoisotopic (exact) mass is 658 g/mol. The number of benzene rings is 2. The summed E-state index contributed by atoms with van der Waals surface area (Å²) < 4.78 is 7.65. The zero-order chi connectivity index (χ0) is 33.9. The van der Waals surface area contributed by atoms with Crippen molar-refractivity contribution in [1.29, 1.82) is 0 Å². The highest BCUT2D eigenvalue weighted by Gasteiger charge is 2.30. The van der Waals surface area contributed by atoms with E-state index in [-0.39, 0.29) is 49.1 Å². The van der Waals surface area contributed by atoms with E-state index >= 15 is 0 Å². The topological polar surface area (TPSA) is 160 Å². The maximum absolute atomic E-state index is 13.6. The molecule has 2 aliphatic rings. The van der Waals surface area contributed by atoms with Gasteiger partial charge in [0.05, 0.1) is 24.7 Å². The molecule has 13 heteroatoms. The quantitative estimate of drug-likeness (QED) is 0.324. The Morgan fingerprint density at radius 1 is 0.979 bits per heavy atom. The van der Waals surface area contributed by atoms with Gasteiger partial charge in [0, 0.05) is 38.7 Å². The number of ether oxygens (including phenoxy) is 1. The van der Waals surface area contributed by atoms with E-state index in [0.717, 1.165) is 36.2 Å². The van der Waals surface area contributed by atoms with Crippen LogP contribution >= 0.6 is 0 Å². The Labute approximate surface area is 281 Å². The van der Waals surface area contributed by atoms with Crippen molar-refractivity contribution in [2.24, 2.45) is 5.92 Å². The molecule has 2 aliphatic heterocycles. The van der Waals surface area contributed by atoms with Crippen molar-refractivity contribution in [3.05, 3.63) is 77.6 Å². The minimum absolute atomic E-state index is 0.0139. The average molecular weight is 659 g/mol. The predicted molar refractivity (Wildman–Crippen MR) is 179 cm³/mol. The zero-order valence-electron chi connectivity index (χ0n) is 27.7. The first-order valence-electron chi connectivity index (χ1n) is 16.8. The molecule has 0 saturated carbocycles. The van der Waals surface area contributed by atoms with E-state index in [1.54, 1.807) is 15.6 Å². The fourth-order valence-corrected chi connectivity index (χ4v) is 5.96. The number of amides is 4. The molecular weight excluding hydrogens is 612 g/mol. The van der Waals surface area contributed by atoms with Crippen molar-refractivity contribution in [2.45, 2.75) is 70.6 Å². The molecule has 13 nitrogen and oxygen atoms in total. The molecule has 0 unspecified atom stereocenters. The second-order valence-corrected chi connectivity index (χ2v) is 12.7. The van der Waals surface area contributed by atoms with E-state index < -0.39 is 18.0 Å². The normalized spacial score (nSPS) is 21.9. The lowest BCUT2D eigenvalue weighted by Crippen LogP contribution is -2.56. The Morgan fingerprint density at radius 2 is 1.81 bits per heavy atom. The number of hydrogen-bond donors (Lipinski definition) is 4. The van der Waals surface area contributed by atoms with Crippen LogP contribution in [-0.4, -0.2) is 94.4 Å². The minimum Gasteiger partial charge on any atom is -0.492 e. The second kappa shape index (κ2) is 16.9. The van der Waals surface area contributed by atoms with E-state index in [1.165, 1.54) is 0 Å². The number of nitrogens with zero attached hydrogens (tertiary/aromatic N) is 4. The van der Waals surface area contributed by atoms with Crippen LogP contribution in [0.3, 0.4) is 0 Å². The fourth-order valence-electron chi connectivity index (χ4n) is 5.96. The van der Waals surface area contributed by atoms with Crippen LogP contribution in [0.2, 0.25) is 0 Å². The summed E-state index contributed by atoms with van der Waals surface area (Å²) in [6.45, 7) is 6.20. The molecule has 4 amide bonds. The standard InChI is InChI=1S/C35H46N8O5/c1-24(2)32-34(46)38-30(21-25-8-4-3-5-9-25)33(45)37-15-17-42(35(47)29-12-7-14-36-29)16-13-27-23-43(41-40-27)18-19-48-28-11-6-10-26(20-28)22-31(44)39-32/h3-6,8-11,20,23-24,29-30,32,36H,7,12-19,21-22H2,1-2H3,(H,37,45)(H,38,46)(H,39,44)/t29-,30+,32-/m1/s1. The molecule has 1 fully saturated rings. The molecular formula is C35H46N8O5. The Morgan fingerprint density at radius 3 is 2.58 bits per heavy atom. The van der Waals surface area contributed by atoms with E-state index in [4.69, 9.17) is 4.74 Å². The van der Waals surface area contributed by atoms with Gasteiger partial charge in [0.25, 0.3) is 0 Å². The Hall–Kier alpha value is -4.78. The molecule has 3 heterocycles. The van der Waals surface area contributed by atoms with Crippen LogP contribution in [0.4, 0.5) is 0 Å². The molecule has 5 rings (SSSR count). The van der Waals surface area contributed by atoms with Gasteiger partial charge in [-0.05, 0) is 48.6 Å². The predicted octanol–water partition coefficient (Wildman–Crippen LogP) is 1.02. The minimum atomic E-state index is -0.899. The molecule has 0 radical (unpaired) electrons. The molecule has 3 atom stereocenters. The molecule has 256 valence electrons. The summed E-state index contributed by atoms with van der Waals surface area (Å²) in [5, 5.41) is 20.5. The summed E-state index contributed by atoms with van der Waals surface area (Å²) in [7, 11) is 0. The largest absolute Gasteiger partial charge is 0.492 e. The van der Waals surface area contributed by atoms with Gasteiger partial charge in [-0.3, -0.25) is 19.2 Å². The van der Waals surface area contributed by atoms with Gasteiger partial charge in [0.1, 0.15) is 24.4 Å². The summed E-state index contributed by atoms with van der Waals surface area (Å²) >= 11 is 0. The average Bonchev–Trinajstić information content (AvgIpc) is 3.78. The summed E-state index contributed by atoms with van der Waals surface area (Å²) in [6.07, 6.45) is 4.35. The fraction of sp³-hybridized carbons (Fsp3) is 0.486. The lowest BCUT2D eigenvalue weighted by Gasteiger charge is -2.27. The zero-order valence-corrected chi connectivity index (χ0v) is 27.7. The van der Waals surface area contributed by atoms with Gasteiger partial charge in [-0.1, -0.05) is 61.5 Å². The molecule has 3 aromatic rings. The third kappa shape index (κ3) is 9.86. The van der Waals surface area contributed by atoms with Gasteiger partial charge in [0.2, 0.25) is 23.6 Å². The Kier molecular flexibility index (Phi) is 12.1. The third-order valence-electron chi connectivity index (χ3n) is 8.61. The SMILES string of the molecule is CC(C)[C@H]1NC(=O)Cc2cccc(c2)OCCn2cc(nn2)CCN(C(=O)[C@H]2CCCN2)CCNC(=O)[C@H](Cc2ccccc2)NC1=O. The lowest BCUT2D eigenvalue weighted by molar-refractivity contribution is -0.134. The summed E-state index contributed by atoms with van der Waals surface area (Å²) in [6, 6.07) is 14.7. The van der Waals surface area contributed by atoms with Crippen LogP contribution in [0.25, 0.3) is 0 Å². The summed E-state index contributed by atoms with van der Waals surface area (Å²) in [5.41, 5.74) is 2.36. The molecule has 4 N–H and O–H groups in total. The maximum atomic E-state index is 13.6. The lowest BCUT2D eigenvalue weighted by atomic mass is 10.0. The van der Waals surface area contributed by atoms with Crippen molar-refractivity contribution in [3.63, 3.8) is 0 Å². The van der Waals surface area contributed by atoms with Crippen LogP contribution in [-0.2, 0) is 45.0 Å². The Bertz CT molecular complexity index is 1540. The molecule has 48 heavy (non-hydrogen) atoms. The second-order valence-electron chi connectivity index (χ2n) is 12.7. The summed E-state index contributed by atoms with van der Waals surface area (Å²) in [5.74, 6) is -0.770. The highest BCUT2D eigenvalue weighted by Crippen LogP contribution is 2.15. The number of aromatic nitrogens is 3. The highest BCUT2D eigenvalue weighted by molar-refractivity contribution is 5.92. The van der Waals surface area contributed by atoms with Gasteiger partial charge in [-0.2, -0.15) is 0 Å². The molecule has 0 aliphatic carbocycles. The maximum Gasteiger partial charge on any atom is 0.243 e. The smallest absolute Gasteiger partial charge is 0.243 e. The van der Waals surface area contributed by atoms with Gasteiger partial charge in [-0.15, -0.1) is 5.10 Å². The van der Waals surface area contributed by atoms with Gasteiger partial charge in [0.15, 0.2) is 0 Å². The molecule has 1 saturated heterocycles. The van der Waals surface area contributed by atoms with E-state index in [0.29, 0.717) is 38.4 Å². The van der Waals surface area contributed by atoms with Crippen molar-refractivity contribution < 1.29 is 23.9 Å². The van der Waals surface area contributed by atoms with Crippen molar-refractivity contribution in [2.75, 3.05) is 32.8 Å². The molecule has 0 spiro atoms. The van der Waals surface area contributed by atoms with Crippen LogP contribution in [0, 0.1) is 5.92 Å². The molecule has 4 bridgehead atoms. The van der Waals surface area contributed by atoms with Gasteiger partial charge in [-0.25, -0.2) is 4.68 Å². The third-order valence-corrected chi connectivity index (χ3v) is 8.61. The first kappa shape index (κ1) is 34.6. The van der Waals surface area contributed by atoms with E-state index in [2.05, 4.69) is 31.6 Å². The highest BCUT2D eigenvalue weighted by atomic mass is 16.5. The number of nitrogens with one attached hydrogen (secondary N) is 4. The van der Waals surface area contributed by atoms with Crippen molar-refractivity contribution in [3.8, 4) is 5.75 Å². The molecule has 2 aromatic carbocycles. The van der Waals surface area contributed by atoms with Crippen molar-refractivity contribution in [1.82, 2.24) is 41.2 Å². The van der Waals surface area contributed by atoms with Crippen LogP contribution < -0.4 is 26.0 Å². The Balaban J connectivity index is 1.37. The van der Waals surface area contributed by atoms with Crippen LogP contribution in [0.15, 0.2) is 60.8 Å².